The number of amides is 1. The minimum absolute atomic E-state index is 0.0336. The lowest BCUT2D eigenvalue weighted by Gasteiger charge is -2.15. The highest BCUT2D eigenvalue weighted by Gasteiger charge is 2.12. The zero-order valence-corrected chi connectivity index (χ0v) is 11.1. The van der Waals surface area contributed by atoms with Gasteiger partial charge in [-0.1, -0.05) is 6.92 Å². The van der Waals surface area contributed by atoms with Gasteiger partial charge in [-0.2, -0.15) is 0 Å². The molecule has 5 heteroatoms. The van der Waals surface area contributed by atoms with E-state index >= 15 is 0 Å². The lowest BCUT2D eigenvalue weighted by atomic mass is 10.1. The van der Waals surface area contributed by atoms with E-state index in [9.17, 15) is 9.18 Å². The van der Waals surface area contributed by atoms with E-state index in [1.165, 1.54) is 18.2 Å². The van der Waals surface area contributed by atoms with Gasteiger partial charge in [0.15, 0.2) is 0 Å². The van der Waals surface area contributed by atoms with Gasteiger partial charge in [-0.3, -0.25) is 4.79 Å². The van der Waals surface area contributed by atoms with Crippen LogP contribution >= 0.6 is 15.9 Å². The molecule has 1 aromatic carbocycles. The number of hydrogen-bond donors (Lipinski definition) is 2. The van der Waals surface area contributed by atoms with E-state index in [0.717, 1.165) is 6.42 Å². The first kappa shape index (κ1) is 14.1. The maximum absolute atomic E-state index is 13.0. The molecule has 0 fully saturated rings. The third-order valence-corrected chi connectivity index (χ3v) is 3.10. The predicted octanol–water partition coefficient (Wildman–Crippen LogP) is 2.48. The van der Waals surface area contributed by atoms with Crippen molar-refractivity contribution in [1.82, 2.24) is 5.32 Å². The van der Waals surface area contributed by atoms with Crippen molar-refractivity contribution in [3.63, 3.8) is 0 Å². The summed E-state index contributed by atoms with van der Waals surface area (Å²) in [4.78, 5) is 11.8. The number of aliphatic hydroxyl groups excluding tert-OH is 1. The highest BCUT2D eigenvalue weighted by molar-refractivity contribution is 9.10. The monoisotopic (exact) mass is 303 g/mol. The lowest BCUT2D eigenvalue weighted by Crippen LogP contribution is -2.35. The van der Waals surface area contributed by atoms with Gasteiger partial charge in [0.1, 0.15) is 5.82 Å². The highest BCUT2D eigenvalue weighted by Crippen LogP contribution is 2.17. The van der Waals surface area contributed by atoms with Gasteiger partial charge in [-0.25, -0.2) is 4.39 Å². The van der Waals surface area contributed by atoms with Crippen molar-refractivity contribution in [2.24, 2.45) is 0 Å². The molecule has 2 N–H and O–H groups in total. The van der Waals surface area contributed by atoms with Crippen molar-refractivity contribution in [3.05, 3.63) is 34.1 Å². The van der Waals surface area contributed by atoms with Gasteiger partial charge in [0.2, 0.25) is 0 Å². The molecule has 0 aliphatic rings. The van der Waals surface area contributed by atoms with E-state index in [-0.39, 0.29) is 23.0 Å². The first-order valence-corrected chi connectivity index (χ1v) is 6.24. The van der Waals surface area contributed by atoms with Crippen molar-refractivity contribution >= 4 is 21.8 Å². The Kier molecular flexibility index (Phi) is 5.58. The van der Waals surface area contributed by atoms with Crippen molar-refractivity contribution in [2.45, 2.75) is 25.8 Å². The molecule has 0 aliphatic heterocycles. The Bertz CT molecular complexity index is 398. The second kappa shape index (κ2) is 6.71. The van der Waals surface area contributed by atoms with Gasteiger partial charge in [-0.05, 0) is 47.0 Å². The first-order valence-electron chi connectivity index (χ1n) is 5.45. The van der Waals surface area contributed by atoms with Gasteiger partial charge in [0.05, 0.1) is 4.47 Å². The smallest absolute Gasteiger partial charge is 0.251 e. The fourth-order valence-electron chi connectivity index (χ4n) is 1.44. The van der Waals surface area contributed by atoms with Crippen LogP contribution in [0.15, 0.2) is 22.7 Å². The third-order valence-electron chi connectivity index (χ3n) is 2.49. The maximum atomic E-state index is 13.0. The van der Waals surface area contributed by atoms with Crippen LogP contribution in [0.2, 0.25) is 0 Å². The molecule has 1 aromatic rings. The summed E-state index contributed by atoms with van der Waals surface area (Å²) in [6, 6.07) is 4.06. The van der Waals surface area contributed by atoms with E-state index < -0.39 is 5.82 Å². The fraction of sp³-hybridized carbons (Fsp3) is 0.417. The van der Waals surface area contributed by atoms with Crippen molar-refractivity contribution < 1.29 is 14.3 Å². The SMILES string of the molecule is CCC(CCO)NC(=O)c1ccc(F)c(Br)c1. The molecule has 0 aromatic heterocycles. The van der Waals surface area contributed by atoms with Crippen LogP contribution in [0, 0.1) is 5.82 Å². The van der Waals surface area contributed by atoms with E-state index in [2.05, 4.69) is 21.2 Å². The number of benzene rings is 1. The largest absolute Gasteiger partial charge is 0.396 e. The first-order chi connectivity index (χ1) is 8.08. The minimum atomic E-state index is -0.399. The van der Waals surface area contributed by atoms with Gasteiger partial charge in [-0.15, -0.1) is 0 Å². The van der Waals surface area contributed by atoms with Crippen LogP contribution in [0.25, 0.3) is 0 Å². The Morgan fingerprint density at radius 2 is 2.29 bits per heavy atom. The molecule has 94 valence electrons. The molecular formula is C12H15BrFNO2. The highest BCUT2D eigenvalue weighted by atomic mass is 79.9. The van der Waals surface area contributed by atoms with Gasteiger partial charge >= 0.3 is 0 Å². The molecule has 0 spiro atoms. The molecule has 0 saturated heterocycles. The fourth-order valence-corrected chi connectivity index (χ4v) is 1.82. The standard InChI is InChI=1S/C12H15BrFNO2/c1-2-9(5-6-16)15-12(17)8-3-4-11(14)10(13)7-8/h3-4,7,9,16H,2,5-6H2,1H3,(H,15,17). The summed E-state index contributed by atoms with van der Waals surface area (Å²) >= 11 is 3.03. The number of rotatable bonds is 5. The van der Waals surface area contributed by atoms with Gasteiger partial charge in [0.25, 0.3) is 5.91 Å². The minimum Gasteiger partial charge on any atom is -0.396 e. The van der Waals surface area contributed by atoms with Gasteiger partial charge in [0, 0.05) is 18.2 Å². The molecule has 0 bridgehead atoms. The molecular weight excluding hydrogens is 289 g/mol. The van der Waals surface area contributed by atoms with Crippen LogP contribution in [-0.2, 0) is 0 Å². The van der Waals surface area contributed by atoms with Crippen molar-refractivity contribution in [1.29, 1.82) is 0 Å². The molecule has 1 atom stereocenters. The summed E-state index contributed by atoms with van der Waals surface area (Å²) in [7, 11) is 0. The number of carbonyl (C=O) groups excluding carboxylic acids is 1. The van der Waals surface area contributed by atoms with E-state index in [1.807, 2.05) is 6.92 Å². The summed E-state index contributed by atoms with van der Waals surface area (Å²) in [5, 5.41) is 11.6. The van der Waals surface area contributed by atoms with Crippen LogP contribution in [0.4, 0.5) is 4.39 Å². The topological polar surface area (TPSA) is 49.3 Å². The summed E-state index contributed by atoms with van der Waals surface area (Å²) in [6.07, 6.45) is 1.26. The second-order valence-electron chi connectivity index (χ2n) is 3.72. The molecule has 0 aliphatic carbocycles. The van der Waals surface area contributed by atoms with Gasteiger partial charge < -0.3 is 10.4 Å². The maximum Gasteiger partial charge on any atom is 0.251 e. The Morgan fingerprint density at radius 3 is 2.82 bits per heavy atom. The molecule has 1 unspecified atom stereocenters. The molecule has 17 heavy (non-hydrogen) atoms. The Labute approximate surface area is 108 Å². The van der Waals surface area contributed by atoms with Crippen LogP contribution < -0.4 is 5.32 Å². The predicted molar refractivity (Wildman–Crippen MR) is 67.3 cm³/mol. The van der Waals surface area contributed by atoms with Crippen LogP contribution in [0.5, 0.6) is 0 Å². The molecule has 3 nitrogen and oxygen atoms in total. The number of carbonyl (C=O) groups is 1. The van der Waals surface area contributed by atoms with Crippen LogP contribution in [0.3, 0.4) is 0 Å². The zero-order valence-electron chi connectivity index (χ0n) is 9.54. The van der Waals surface area contributed by atoms with E-state index in [0.29, 0.717) is 12.0 Å². The Balaban J connectivity index is 2.72. The summed E-state index contributed by atoms with van der Waals surface area (Å²) in [6.45, 7) is 1.97. The van der Waals surface area contributed by atoms with Crippen molar-refractivity contribution in [2.75, 3.05) is 6.61 Å². The molecule has 0 radical (unpaired) electrons. The van der Waals surface area contributed by atoms with Crippen LogP contribution in [-0.4, -0.2) is 23.7 Å². The molecule has 1 rings (SSSR count). The zero-order chi connectivity index (χ0) is 12.8. The summed E-state index contributed by atoms with van der Waals surface area (Å²) in [5.74, 6) is -0.657. The molecule has 1 amide bonds. The number of halogens is 2. The summed E-state index contributed by atoms with van der Waals surface area (Å²) < 4.78 is 13.3. The van der Waals surface area contributed by atoms with E-state index in [1.54, 1.807) is 0 Å². The Morgan fingerprint density at radius 1 is 1.59 bits per heavy atom. The Hall–Kier alpha value is -0.940. The van der Waals surface area contributed by atoms with Crippen molar-refractivity contribution in [3.8, 4) is 0 Å². The van der Waals surface area contributed by atoms with E-state index in [4.69, 9.17) is 5.11 Å². The quantitative estimate of drug-likeness (QED) is 0.878. The second-order valence-corrected chi connectivity index (χ2v) is 4.57. The average molecular weight is 304 g/mol. The normalized spacial score (nSPS) is 12.2. The number of aliphatic hydroxyl groups is 1. The number of hydrogen-bond acceptors (Lipinski definition) is 2. The lowest BCUT2D eigenvalue weighted by molar-refractivity contribution is 0.0929. The van der Waals surface area contributed by atoms with Crippen LogP contribution in [0.1, 0.15) is 30.1 Å². The molecule has 0 saturated carbocycles. The molecule has 0 heterocycles. The average Bonchev–Trinajstić information content (AvgIpc) is 2.31. The number of nitrogens with one attached hydrogen (secondary N) is 1. The third kappa shape index (κ3) is 4.09. The summed E-state index contributed by atoms with van der Waals surface area (Å²) in [5.41, 5.74) is 0.398.